The molecule has 0 aliphatic heterocycles. The molecular weight excluding hydrogens is 312 g/mol. The van der Waals surface area contributed by atoms with Crippen molar-refractivity contribution in [3.05, 3.63) is 71.3 Å². The first-order valence-corrected chi connectivity index (χ1v) is 9.20. The van der Waals surface area contributed by atoms with Gasteiger partial charge in [0.2, 0.25) is 0 Å². The highest BCUT2D eigenvalue weighted by molar-refractivity contribution is 5.56. The molecule has 0 saturated carbocycles. The van der Waals surface area contributed by atoms with Crippen LogP contribution in [0.25, 0.3) is 0 Å². The Morgan fingerprint density at radius 3 is 2.36 bits per heavy atom. The maximum atomic E-state index is 10.3. The molecule has 2 rings (SSSR count). The SMILES string of the molecule is CCc1ccccc1C(CCCCCCOC(=O)O)c1ccccc1. The van der Waals surface area contributed by atoms with Gasteiger partial charge in [0, 0.05) is 5.92 Å². The van der Waals surface area contributed by atoms with E-state index in [1.165, 1.54) is 16.7 Å². The second-order valence-corrected chi connectivity index (χ2v) is 6.33. The Labute approximate surface area is 150 Å². The van der Waals surface area contributed by atoms with Crippen molar-refractivity contribution >= 4 is 6.16 Å². The van der Waals surface area contributed by atoms with Gasteiger partial charge < -0.3 is 9.84 Å². The summed E-state index contributed by atoms with van der Waals surface area (Å²) in [4.78, 5) is 10.3. The van der Waals surface area contributed by atoms with Crippen LogP contribution in [0, 0.1) is 0 Å². The standard InChI is InChI=1S/C22H28O3/c1-2-18-12-9-10-16-20(18)21(19-13-6-5-7-14-19)15-8-3-4-11-17-25-22(23)24/h5-7,9-10,12-14,16,21H,2-4,8,11,15,17H2,1H3,(H,23,24). The molecule has 0 bridgehead atoms. The lowest BCUT2D eigenvalue weighted by Crippen LogP contribution is -2.05. The molecule has 25 heavy (non-hydrogen) atoms. The van der Waals surface area contributed by atoms with E-state index in [-0.39, 0.29) is 0 Å². The van der Waals surface area contributed by atoms with Crippen LogP contribution < -0.4 is 0 Å². The van der Waals surface area contributed by atoms with Crippen LogP contribution in [0.15, 0.2) is 54.6 Å². The van der Waals surface area contributed by atoms with E-state index >= 15 is 0 Å². The van der Waals surface area contributed by atoms with Gasteiger partial charge in [-0.15, -0.1) is 0 Å². The number of hydrogen-bond acceptors (Lipinski definition) is 2. The van der Waals surface area contributed by atoms with Crippen molar-refractivity contribution in [1.82, 2.24) is 0 Å². The van der Waals surface area contributed by atoms with Gasteiger partial charge in [-0.25, -0.2) is 4.79 Å². The van der Waals surface area contributed by atoms with E-state index in [2.05, 4.69) is 66.3 Å². The van der Waals surface area contributed by atoms with Crippen LogP contribution in [0.3, 0.4) is 0 Å². The molecule has 3 nitrogen and oxygen atoms in total. The molecular formula is C22H28O3. The van der Waals surface area contributed by atoms with Gasteiger partial charge in [-0.05, 0) is 36.0 Å². The highest BCUT2D eigenvalue weighted by Crippen LogP contribution is 2.32. The molecule has 3 heteroatoms. The van der Waals surface area contributed by atoms with Crippen LogP contribution in [0.1, 0.15) is 61.6 Å². The first kappa shape index (κ1) is 19.0. The van der Waals surface area contributed by atoms with Crippen molar-refractivity contribution in [1.29, 1.82) is 0 Å². The number of benzene rings is 2. The average Bonchev–Trinajstić information content (AvgIpc) is 2.64. The number of unbranched alkanes of at least 4 members (excludes halogenated alkanes) is 3. The zero-order valence-electron chi connectivity index (χ0n) is 15.0. The summed E-state index contributed by atoms with van der Waals surface area (Å²) in [6.07, 6.45) is 5.01. The molecule has 0 spiro atoms. The lowest BCUT2D eigenvalue weighted by molar-refractivity contribution is 0.0899. The number of carboxylic acid groups (broad SMARTS) is 1. The highest BCUT2D eigenvalue weighted by Gasteiger charge is 2.16. The van der Waals surface area contributed by atoms with Crippen molar-refractivity contribution in [2.24, 2.45) is 0 Å². The summed E-state index contributed by atoms with van der Waals surface area (Å²) in [5.74, 6) is 0.424. The summed E-state index contributed by atoms with van der Waals surface area (Å²) < 4.78 is 4.56. The van der Waals surface area contributed by atoms with Gasteiger partial charge in [0.25, 0.3) is 0 Å². The Morgan fingerprint density at radius 1 is 0.960 bits per heavy atom. The summed E-state index contributed by atoms with van der Waals surface area (Å²) in [6.45, 7) is 2.51. The Hall–Kier alpha value is -2.29. The molecule has 1 atom stereocenters. The first-order valence-electron chi connectivity index (χ1n) is 9.20. The summed E-state index contributed by atoms with van der Waals surface area (Å²) in [5, 5.41) is 8.47. The van der Waals surface area contributed by atoms with E-state index in [4.69, 9.17) is 5.11 Å². The number of aryl methyl sites for hydroxylation is 1. The molecule has 134 valence electrons. The molecule has 0 heterocycles. The van der Waals surface area contributed by atoms with E-state index in [1.54, 1.807) is 0 Å². The van der Waals surface area contributed by atoms with Gasteiger partial charge in [-0.2, -0.15) is 0 Å². The zero-order valence-corrected chi connectivity index (χ0v) is 15.0. The number of carbonyl (C=O) groups is 1. The van der Waals surface area contributed by atoms with Crippen LogP contribution in [0.4, 0.5) is 4.79 Å². The van der Waals surface area contributed by atoms with Crippen molar-refractivity contribution < 1.29 is 14.6 Å². The Balaban J connectivity index is 1.96. The predicted molar refractivity (Wildman–Crippen MR) is 101 cm³/mol. The number of hydrogen-bond donors (Lipinski definition) is 1. The van der Waals surface area contributed by atoms with E-state index < -0.39 is 6.16 Å². The second kappa shape index (κ2) is 10.5. The Kier molecular flexibility index (Phi) is 8.03. The van der Waals surface area contributed by atoms with Gasteiger partial charge in [-0.3, -0.25) is 0 Å². The molecule has 0 fully saturated rings. The fourth-order valence-corrected chi connectivity index (χ4v) is 3.35. The van der Waals surface area contributed by atoms with Crippen molar-refractivity contribution in [2.75, 3.05) is 6.61 Å². The van der Waals surface area contributed by atoms with Crippen LogP contribution in [-0.4, -0.2) is 17.9 Å². The molecule has 0 saturated heterocycles. The molecule has 1 unspecified atom stereocenters. The smallest absolute Gasteiger partial charge is 0.450 e. The Morgan fingerprint density at radius 2 is 1.64 bits per heavy atom. The van der Waals surface area contributed by atoms with E-state index in [1.807, 2.05) is 0 Å². The maximum absolute atomic E-state index is 10.3. The fraction of sp³-hybridized carbons (Fsp3) is 0.409. The van der Waals surface area contributed by atoms with Crippen LogP contribution in [0.2, 0.25) is 0 Å². The van der Waals surface area contributed by atoms with Crippen molar-refractivity contribution in [3.63, 3.8) is 0 Å². The quantitative estimate of drug-likeness (QED) is 0.424. The van der Waals surface area contributed by atoms with E-state index in [0.717, 1.165) is 38.5 Å². The third-order valence-electron chi connectivity index (χ3n) is 4.63. The monoisotopic (exact) mass is 340 g/mol. The summed E-state index contributed by atoms with van der Waals surface area (Å²) in [5.41, 5.74) is 4.23. The molecule has 0 aliphatic rings. The molecule has 0 aliphatic carbocycles. The van der Waals surface area contributed by atoms with Crippen LogP contribution in [0.5, 0.6) is 0 Å². The van der Waals surface area contributed by atoms with Crippen LogP contribution >= 0.6 is 0 Å². The lowest BCUT2D eigenvalue weighted by atomic mass is 9.84. The third-order valence-corrected chi connectivity index (χ3v) is 4.63. The summed E-state index contributed by atoms with van der Waals surface area (Å²) in [7, 11) is 0. The molecule has 2 aromatic rings. The van der Waals surface area contributed by atoms with Gasteiger partial charge >= 0.3 is 6.16 Å². The molecule has 0 radical (unpaired) electrons. The third kappa shape index (κ3) is 6.26. The average molecular weight is 340 g/mol. The van der Waals surface area contributed by atoms with Crippen LogP contribution in [-0.2, 0) is 11.2 Å². The molecule has 1 N–H and O–H groups in total. The van der Waals surface area contributed by atoms with Gasteiger partial charge in [0.05, 0.1) is 6.61 Å². The molecule has 2 aromatic carbocycles. The predicted octanol–water partition coefficient (Wildman–Crippen LogP) is 6.03. The summed E-state index contributed by atoms with van der Waals surface area (Å²) in [6, 6.07) is 19.5. The topological polar surface area (TPSA) is 46.5 Å². The minimum absolute atomic E-state index is 0.302. The van der Waals surface area contributed by atoms with Gasteiger partial charge in [0.1, 0.15) is 0 Å². The van der Waals surface area contributed by atoms with Crippen molar-refractivity contribution in [2.45, 2.75) is 51.4 Å². The number of ether oxygens (including phenoxy) is 1. The largest absolute Gasteiger partial charge is 0.505 e. The van der Waals surface area contributed by atoms with Crippen molar-refractivity contribution in [3.8, 4) is 0 Å². The fourth-order valence-electron chi connectivity index (χ4n) is 3.35. The van der Waals surface area contributed by atoms with E-state index in [0.29, 0.717) is 12.5 Å². The Bertz CT molecular complexity index is 637. The number of rotatable bonds is 10. The van der Waals surface area contributed by atoms with E-state index in [9.17, 15) is 4.79 Å². The normalized spacial score (nSPS) is 11.9. The minimum atomic E-state index is -1.18. The lowest BCUT2D eigenvalue weighted by Gasteiger charge is -2.21. The zero-order chi connectivity index (χ0) is 17.9. The molecule has 0 amide bonds. The van der Waals surface area contributed by atoms with Gasteiger partial charge in [-0.1, -0.05) is 80.8 Å². The second-order valence-electron chi connectivity index (χ2n) is 6.33. The minimum Gasteiger partial charge on any atom is -0.450 e. The summed E-state index contributed by atoms with van der Waals surface area (Å²) >= 11 is 0. The molecule has 0 aromatic heterocycles. The highest BCUT2D eigenvalue weighted by atomic mass is 16.7. The van der Waals surface area contributed by atoms with Gasteiger partial charge in [0.15, 0.2) is 0 Å². The maximum Gasteiger partial charge on any atom is 0.505 e. The first-order chi connectivity index (χ1) is 12.2.